The molecule has 172 valence electrons. The molecule has 1 fully saturated rings. The maximum absolute atomic E-state index is 13.4. The van der Waals surface area contributed by atoms with Crippen molar-refractivity contribution in [3.8, 4) is 11.8 Å². The van der Waals surface area contributed by atoms with Gasteiger partial charge in [0.1, 0.15) is 5.82 Å². The average Bonchev–Trinajstić information content (AvgIpc) is 2.76. The van der Waals surface area contributed by atoms with Crippen LogP contribution in [0.15, 0.2) is 53.5 Å². The van der Waals surface area contributed by atoms with Crippen molar-refractivity contribution in [1.82, 2.24) is 10.6 Å². The Kier molecular flexibility index (Phi) is 9.62. The maximum atomic E-state index is 13.4. The van der Waals surface area contributed by atoms with Crippen LogP contribution in [-0.4, -0.2) is 38.7 Å². The molecule has 1 aliphatic heterocycles. The molecule has 2 aromatic rings. The molecule has 3 rings (SSSR count). The molecule has 0 aromatic heterocycles. The van der Waals surface area contributed by atoms with Crippen LogP contribution in [-0.2, 0) is 6.18 Å². The Labute approximate surface area is 202 Å². The van der Waals surface area contributed by atoms with Crippen molar-refractivity contribution < 1.29 is 17.6 Å². The summed E-state index contributed by atoms with van der Waals surface area (Å²) in [6.45, 7) is 1.85. The fourth-order valence-corrected chi connectivity index (χ4v) is 3.39. The molecule has 0 atom stereocenters. The van der Waals surface area contributed by atoms with E-state index in [4.69, 9.17) is 0 Å². The first-order chi connectivity index (χ1) is 14.8. The van der Waals surface area contributed by atoms with Gasteiger partial charge in [0.15, 0.2) is 5.96 Å². The summed E-state index contributed by atoms with van der Waals surface area (Å²) < 4.78 is 51.7. The van der Waals surface area contributed by atoms with Gasteiger partial charge in [0, 0.05) is 37.4 Å². The lowest BCUT2D eigenvalue weighted by atomic mass is 10.0. The quantitative estimate of drug-likeness (QED) is 0.189. The van der Waals surface area contributed by atoms with Crippen LogP contribution in [0.5, 0.6) is 0 Å². The van der Waals surface area contributed by atoms with Gasteiger partial charge in [-0.15, -0.1) is 24.0 Å². The highest BCUT2D eigenvalue weighted by molar-refractivity contribution is 14.0. The molecule has 0 saturated carbocycles. The normalized spacial score (nSPS) is 14.8. The van der Waals surface area contributed by atoms with Crippen molar-refractivity contribution in [3.05, 3.63) is 65.5 Å². The number of alkyl halides is 3. The molecule has 2 N–H and O–H groups in total. The maximum Gasteiger partial charge on any atom is 0.416 e. The molecule has 0 aliphatic carbocycles. The van der Waals surface area contributed by atoms with E-state index in [2.05, 4.69) is 32.4 Å². The Bertz CT molecular complexity index is 974. The average molecular weight is 560 g/mol. The topological polar surface area (TPSA) is 39.7 Å². The third-order valence-electron chi connectivity index (χ3n) is 5.00. The Balaban J connectivity index is 0.00000363. The number of guanidine groups is 1. The first-order valence-corrected chi connectivity index (χ1v) is 9.99. The number of rotatable bonds is 3. The van der Waals surface area contributed by atoms with Crippen LogP contribution < -0.4 is 15.5 Å². The Morgan fingerprint density at radius 2 is 1.84 bits per heavy atom. The van der Waals surface area contributed by atoms with Crippen molar-refractivity contribution >= 4 is 35.6 Å². The van der Waals surface area contributed by atoms with Gasteiger partial charge >= 0.3 is 6.18 Å². The summed E-state index contributed by atoms with van der Waals surface area (Å²) in [7, 11) is 1.65. The molecule has 9 heteroatoms. The van der Waals surface area contributed by atoms with E-state index in [1.807, 2.05) is 6.07 Å². The zero-order valence-corrected chi connectivity index (χ0v) is 19.9. The standard InChI is InChI=1S/C23H24F4N4.HI/c1-28-22(29-12-4-6-17-5-2-7-18(15-17)23(25,26)27)30-20-10-13-31(14-11-20)21-9-3-8-19(24)16-21;/h2-3,5,7-9,15-16,20H,10-14H2,1H3,(H2,28,29,30);1H. The van der Waals surface area contributed by atoms with E-state index in [1.165, 1.54) is 18.2 Å². The van der Waals surface area contributed by atoms with E-state index >= 15 is 0 Å². The number of hydrogen-bond donors (Lipinski definition) is 2. The zero-order chi connectivity index (χ0) is 22.3. The summed E-state index contributed by atoms with van der Waals surface area (Å²) in [5.74, 6) is 5.90. The van der Waals surface area contributed by atoms with E-state index in [9.17, 15) is 17.6 Å². The monoisotopic (exact) mass is 560 g/mol. The molecule has 1 heterocycles. The number of aliphatic imine (C=N–C) groups is 1. The number of halogens is 5. The molecule has 32 heavy (non-hydrogen) atoms. The number of nitrogens with zero attached hydrogens (tertiary/aromatic N) is 2. The summed E-state index contributed by atoms with van der Waals surface area (Å²) >= 11 is 0. The number of nitrogens with one attached hydrogen (secondary N) is 2. The molecule has 0 unspecified atom stereocenters. The second kappa shape index (κ2) is 11.9. The minimum Gasteiger partial charge on any atom is -0.371 e. The summed E-state index contributed by atoms with van der Waals surface area (Å²) in [5, 5.41) is 6.40. The van der Waals surface area contributed by atoms with Gasteiger partial charge in [0.05, 0.1) is 12.1 Å². The van der Waals surface area contributed by atoms with Crippen molar-refractivity contribution in [2.24, 2.45) is 4.99 Å². The van der Waals surface area contributed by atoms with Gasteiger partial charge in [0.25, 0.3) is 0 Å². The first-order valence-electron chi connectivity index (χ1n) is 9.99. The highest BCUT2D eigenvalue weighted by atomic mass is 127. The molecular formula is C23H25F4IN4. The molecule has 0 spiro atoms. The Hall–Kier alpha value is -2.48. The van der Waals surface area contributed by atoms with E-state index in [-0.39, 0.29) is 42.4 Å². The number of benzene rings is 2. The van der Waals surface area contributed by atoms with Crippen molar-refractivity contribution in [2.75, 3.05) is 31.6 Å². The molecule has 1 saturated heterocycles. The third-order valence-corrected chi connectivity index (χ3v) is 5.00. The Morgan fingerprint density at radius 1 is 1.12 bits per heavy atom. The highest BCUT2D eigenvalue weighted by Crippen LogP contribution is 2.29. The summed E-state index contributed by atoms with van der Waals surface area (Å²) in [6.07, 6.45) is -2.65. The first kappa shape index (κ1) is 25.8. The van der Waals surface area contributed by atoms with Crippen LogP contribution in [0.3, 0.4) is 0 Å². The van der Waals surface area contributed by atoms with Gasteiger partial charge in [-0.1, -0.05) is 24.0 Å². The van der Waals surface area contributed by atoms with E-state index in [1.54, 1.807) is 19.2 Å². The van der Waals surface area contributed by atoms with Gasteiger partial charge < -0.3 is 15.5 Å². The molecule has 1 aliphatic rings. The lowest BCUT2D eigenvalue weighted by Gasteiger charge is -2.34. The lowest BCUT2D eigenvalue weighted by Crippen LogP contribution is -2.48. The zero-order valence-electron chi connectivity index (χ0n) is 17.5. The summed E-state index contributed by atoms with van der Waals surface area (Å²) in [4.78, 5) is 6.33. The Morgan fingerprint density at radius 3 is 2.50 bits per heavy atom. The fraction of sp³-hybridized carbons (Fsp3) is 0.348. The van der Waals surface area contributed by atoms with Crippen LogP contribution in [0.4, 0.5) is 23.2 Å². The van der Waals surface area contributed by atoms with E-state index in [0.717, 1.165) is 43.8 Å². The molecule has 2 aromatic carbocycles. The minimum absolute atomic E-state index is 0. The van der Waals surface area contributed by atoms with Gasteiger partial charge in [0.2, 0.25) is 0 Å². The van der Waals surface area contributed by atoms with E-state index in [0.29, 0.717) is 11.5 Å². The predicted octanol–water partition coefficient (Wildman–Crippen LogP) is 4.65. The predicted molar refractivity (Wildman–Crippen MR) is 130 cm³/mol. The van der Waals surface area contributed by atoms with Crippen molar-refractivity contribution in [2.45, 2.75) is 25.1 Å². The van der Waals surface area contributed by atoms with Crippen LogP contribution in [0.25, 0.3) is 0 Å². The van der Waals surface area contributed by atoms with E-state index < -0.39 is 11.7 Å². The van der Waals surface area contributed by atoms with Crippen LogP contribution in [0.2, 0.25) is 0 Å². The number of anilines is 1. The van der Waals surface area contributed by atoms with Crippen LogP contribution >= 0.6 is 24.0 Å². The molecule has 0 amide bonds. The van der Waals surface area contributed by atoms with Crippen LogP contribution in [0, 0.1) is 17.7 Å². The molecule has 4 nitrogen and oxygen atoms in total. The summed E-state index contributed by atoms with van der Waals surface area (Å²) in [6, 6.07) is 11.7. The minimum atomic E-state index is -4.38. The highest BCUT2D eigenvalue weighted by Gasteiger charge is 2.30. The SMILES string of the molecule is CN=C(NCC#Cc1cccc(C(F)(F)F)c1)NC1CCN(c2cccc(F)c2)CC1.I. The lowest BCUT2D eigenvalue weighted by molar-refractivity contribution is -0.137. The summed E-state index contributed by atoms with van der Waals surface area (Å²) in [5.41, 5.74) is 0.476. The van der Waals surface area contributed by atoms with Crippen LogP contribution in [0.1, 0.15) is 24.0 Å². The van der Waals surface area contributed by atoms with Crippen molar-refractivity contribution in [1.29, 1.82) is 0 Å². The van der Waals surface area contributed by atoms with Gasteiger partial charge in [-0.3, -0.25) is 4.99 Å². The largest absolute Gasteiger partial charge is 0.416 e. The molecular weight excluding hydrogens is 535 g/mol. The molecule has 0 bridgehead atoms. The number of hydrogen-bond acceptors (Lipinski definition) is 2. The number of piperidine rings is 1. The fourth-order valence-electron chi connectivity index (χ4n) is 3.39. The van der Waals surface area contributed by atoms with Crippen molar-refractivity contribution in [3.63, 3.8) is 0 Å². The smallest absolute Gasteiger partial charge is 0.371 e. The van der Waals surface area contributed by atoms with Gasteiger partial charge in [-0.2, -0.15) is 13.2 Å². The second-order valence-electron chi connectivity index (χ2n) is 7.19. The van der Waals surface area contributed by atoms with Gasteiger partial charge in [-0.05, 0) is 49.2 Å². The van der Waals surface area contributed by atoms with Gasteiger partial charge in [-0.25, -0.2) is 4.39 Å². The molecule has 0 radical (unpaired) electrons. The third kappa shape index (κ3) is 7.58. The second-order valence-corrected chi connectivity index (χ2v) is 7.19.